The van der Waals surface area contributed by atoms with E-state index in [9.17, 15) is 27.6 Å². The number of rotatable bonds is 7. The van der Waals surface area contributed by atoms with Gasteiger partial charge in [-0.15, -0.1) is 0 Å². The van der Waals surface area contributed by atoms with Crippen molar-refractivity contribution in [2.24, 2.45) is 0 Å². The molecule has 0 spiro atoms. The van der Waals surface area contributed by atoms with Crippen molar-refractivity contribution in [3.63, 3.8) is 0 Å². The van der Waals surface area contributed by atoms with Crippen LogP contribution in [0.3, 0.4) is 0 Å². The van der Waals surface area contributed by atoms with Gasteiger partial charge in [0.25, 0.3) is 11.8 Å². The standard InChI is InChI=1S/C25H22F3N3O3S2/c1-2-3-6-12-30-23(34)21(36-24(30)35)20-17-10-4-5-11-18(17)31(22(20)33)14-19(32)29-16-9-7-8-15(13-16)25(26,27)28/h4-5,7-11,13H,2-3,6,12,14H2,1H3,(H,29,32)/b21-20+. The normalized spacial score (nSPS) is 17.7. The molecule has 11 heteroatoms. The van der Waals surface area contributed by atoms with Crippen molar-refractivity contribution >= 4 is 63.0 Å². The summed E-state index contributed by atoms with van der Waals surface area (Å²) in [6.45, 7) is 2.08. The molecule has 0 aliphatic carbocycles. The summed E-state index contributed by atoms with van der Waals surface area (Å²) in [5.41, 5.74) is 0.179. The number of nitrogens with zero attached hydrogens (tertiary/aromatic N) is 2. The van der Waals surface area contributed by atoms with E-state index >= 15 is 0 Å². The lowest BCUT2D eigenvalue weighted by Crippen LogP contribution is -2.35. The van der Waals surface area contributed by atoms with Gasteiger partial charge < -0.3 is 5.32 Å². The van der Waals surface area contributed by atoms with Gasteiger partial charge in [0.05, 0.1) is 21.7 Å². The van der Waals surface area contributed by atoms with Gasteiger partial charge in [-0.05, 0) is 30.7 Å². The number of halogens is 3. The summed E-state index contributed by atoms with van der Waals surface area (Å²) >= 11 is 6.46. The number of amides is 3. The molecule has 36 heavy (non-hydrogen) atoms. The molecule has 0 bridgehead atoms. The second-order valence-corrected chi connectivity index (χ2v) is 9.92. The van der Waals surface area contributed by atoms with Crippen molar-refractivity contribution in [1.29, 1.82) is 0 Å². The van der Waals surface area contributed by atoms with E-state index in [-0.39, 0.29) is 22.1 Å². The van der Waals surface area contributed by atoms with E-state index in [1.165, 1.54) is 21.9 Å². The molecule has 1 saturated heterocycles. The third-order valence-corrected chi connectivity index (χ3v) is 7.21. The summed E-state index contributed by atoms with van der Waals surface area (Å²) in [6.07, 6.45) is -1.83. The van der Waals surface area contributed by atoms with Crippen molar-refractivity contribution in [3.8, 4) is 0 Å². The minimum Gasteiger partial charge on any atom is -0.325 e. The quantitative estimate of drug-likeness (QED) is 0.291. The molecule has 188 valence electrons. The highest BCUT2D eigenvalue weighted by atomic mass is 32.2. The van der Waals surface area contributed by atoms with Crippen molar-refractivity contribution in [3.05, 3.63) is 64.6 Å². The highest BCUT2D eigenvalue weighted by molar-refractivity contribution is 8.26. The maximum absolute atomic E-state index is 13.5. The number of fused-ring (bicyclic) bond motifs is 1. The van der Waals surface area contributed by atoms with E-state index in [4.69, 9.17) is 12.2 Å². The Bertz CT molecular complexity index is 1280. The molecule has 4 rings (SSSR count). The second kappa shape index (κ2) is 10.4. The topological polar surface area (TPSA) is 69.7 Å². The number of benzene rings is 2. The lowest BCUT2D eigenvalue weighted by molar-refractivity contribution is -0.137. The first-order chi connectivity index (χ1) is 17.1. The van der Waals surface area contributed by atoms with E-state index in [1.54, 1.807) is 24.3 Å². The molecule has 1 N–H and O–H groups in total. The molecule has 2 heterocycles. The number of hydrogen-bond donors (Lipinski definition) is 1. The summed E-state index contributed by atoms with van der Waals surface area (Å²) < 4.78 is 39.4. The molecular formula is C25H22F3N3O3S2. The number of thiocarbonyl (C=S) groups is 1. The van der Waals surface area contributed by atoms with Gasteiger partial charge >= 0.3 is 6.18 Å². The number of carbonyl (C=O) groups is 3. The molecule has 0 aromatic heterocycles. The molecule has 3 amide bonds. The van der Waals surface area contributed by atoms with Gasteiger partial charge in [-0.2, -0.15) is 13.2 Å². The van der Waals surface area contributed by atoms with Crippen LogP contribution in [0.15, 0.2) is 53.4 Å². The van der Waals surface area contributed by atoms with Crippen LogP contribution in [0.5, 0.6) is 0 Å². The van der Waals surface area contributed by atoms with Crippen molar-refractivity contribution < 1.29 is 27.6 Å². The van der Waals surface area contributed by atoms with Gasteiger partial charge in [0.1, 0.15) is 10.9 Å². The van der Waals surface area contributed by atoms with Crippen molar-refractivity contribution in [2.75, 3.05) is 23.3 Å². The molecule has 2 aromatic carbocycles. The number of alkyl halides is 3. The Morgan fingerprint density at radius 2 is 1.78 bits per heavy atom. The Hall–Kier alpha value is -3.18. The van der Waals surface area contributed by atoms with Gasteiger partial charge in [-0.25, -0.2) is 0 Å². The average molecular weight is 534 g/mol. The molecule has 2 aliphatic heterocycles. The molecule has 0 saturated carbocycles. The molecule has 1 fully saturated rings. The predicted octanol–water partition coefficient (Wildman–Crippen LogP) is 5.45. The summed E-state index contributed by atoms with van der Waals surface area (Å²) in [7, 11) is 0. The van der Waals surface area contributed by atoms with Crippen LogP contribution in [0.2, 0.25) is 0 Å². The van der Waals surface area contributed by atoms with Crippen LogP contribution >= 0.6 is 24.0 Å². The Morgan fingerprint density at radius 3 is 2.50 bits per heavy atom. The van der Waals surface area contributed by atoms with E-state index in [2.05, 4.69) is 12.2 Å². The summed E-state index contributed by atoms with van der Waals surface area (Å²) in [4.78, 5) is 42.3. The summed E-state index contributed by atoms with van der Waals surface area (Å²) in [6, 6.07) is 11.0. The van der Waals surface area contributed by atoms with Gasteiger partial charge in [0.2, 0.25) is 5.91 Å². The van der Waals surface area contributed by atoms with Crippen LogP contribution in [-0.4, -0.2) is 40.0 Å². The van der Waals surface area contributed by atoms with E-state index in [0.29, 0.717) is 22.1 Å². The fourth-order valence-corrected chi connectivity index (χ4v) is 5.42. The maximum Gasteiger partial charge on any atom is 0.416 e. The molecule has 0 radical (unpaired) electrons. The fourth-order valence-electron chi connectivity index (χ4n) is 4.04. The van der Waals surface area contributed by atoms with Gasteiger partial charge in [0.15, 0.2) is 0 Å². The lowest BCUT2D eigenvalue weighted by atomic mass is 10.1. The monoisotopic (exact) mass is 533 g/mol. The lowest BCUT2D eigenvalue weighted by Gasteiger charge is -2.17. The molecule has 0 unspecified atom stereocenters. The summed E-state index contributed by atoms with van der Waals surface area (Å²) in [5, 5.41) is 2.42. The van der Waals surface area contributed by atoms with E-state index in [0.717, 1.165) is 43.2 Å². The van der Waals surface area contributed by atoms with Crippen LogP contribution in [0, 0.1) is 0 Å². The van der Waals surface area contributed by atoms with Gasteiger partial charge in [-0.1, -0.05) is 68.0 Å². The highest BCUT2D eigenvalue weighted by Gasteiger charge is 2.42. The molecule has 0 atom stereocenters. The Balaban J connectivity index is 1.58. The SMILES string of the molecule is CCCCCN1C(=O)/C(=C2\C(=O)N(CC(=O)Nc3cccc(C(F)(F)F)c3)c3ccccc32)SC1=S. The van der Waals surface area contributed by atoms with Crippen LogP contribution in [0.1, 0.15) is 37.3 Å². The van der Waals surface area contributed by atoms with Crippen molar-refractivity contribution in [1.82, 2.24) is 4.90 Å². The van der Waals surface area contributed by atoms with E-state index < -0.39 is 30.1 Å². The van der Waals surface area contributed by atoms with Gasteiger partial charge in [-0.3, -0.25) is 24.2 Å². The molecular weight excluding hydrogens is 511 g/mol. The Kier molecular flexibility index (Phi) is 7.51. The number of hydrogen-bond acceptors (Lipinski definition) is 5. The first-order valence-corrected chi connectivity index (χ1v) is 12.5. The van der Waals surface area contributed by atoms with Crippen LogP contribution in [-0.2, 0) is 20.6 Å². The highest BCUT2D eigenvalue weighted by Crippen LogP contribution is 2.44. The molecule has 2 aliphatic rings. The second-order valence-electron chi connectivity index (χ2n) is 8.27. The maximum atomic E-state index is 13.5. The molecule has 6 nitrogen and oxygen atoms in total. The van der Waals surface area contributed by atoms with Crippen LogP contribution in [0.25, 0.3) is 5.57 Å². The largest absolute Gasteiger partial charge is 0.416 e. The smallest absolute Gasteiger partial charge is 0.325 e. The fraction of sp³-hybridized carbons (Fsp3) is 0.280. The van der Waals surface area contributed by atoms with E-state index in [1.807, 2.05) is 0 Å². The zero-order valence-corrected chi connectivity index (χ0v) is 20.9. The number of thioether (sulfide) groups is 1. The van der Waals surface area contributed by atoms with Crippen LogP contribution < -0.4 is 10.2 Å². The zero-order valence-electron chi connectivity index (χ0n) is 19.2. The number of carbonyl (C=O) groups excluding carboxylic acids is 3. The zero-order chi connectivity index (χ0) is 26.0. The minimum atomic E-state index is -4.55. The third-order valence-electron chi connectivity index (χ3n) is 5.76. The molecule has 2 aromatic rings. The number of para-hydroxylation sites is 1. The Morgan fingerprint density at radius 1 is 1.03 bits per heavy atom. The summed E-state index contributed by atoms with van der Waals surface area (Å²) in [5.74, 6) is -1.55. The van der Waals surface area contributed by atoms with Crippen LogP contribution in [0.4, 0.5) is 24.5 Å². The number of nitrogens with one attached hydrogen (secondary N) is 1. The predicted molar refractivity (Wildman–Crippen MR) is 137 cm³/mol. The first-order valence-electron chi connectivity index (χ1n) is 11.3. The van der Waals surface area contributed by atoms with Gasteiger partial charge in [0, 0.05) is 17.8 Å². The third kappa shape index (κ3) is 5.17. The first kappa shape index (κ1) is 25.9. The average Bonchev–Trinajstić information content (AvgIpc) is 3.26. The van der Waals surface area contributed by atoms with Crippen molar-refractivity contribution in [2.45, 2.75) is 32.4 Å². The number of anilines is 2. The Labute approximate surface area is 215 Å². The number of unbranched alkanes of at least 4 members (excludes halogenated alkanes) is 2. The minimum absolute atomic E-state index is 0.0390.